The van der Waals surface area contributed by atoms with Crippen LogP contribution in [-0.2, 0) is 14.4 Å². The highest BCUT2D eigenvalue weighted by Crippen LogP contribution is 2.03. The molecule has 200 valence electrons. The zero-order valence-electron chi connectivity index (χ0n) is 20.6. The number of hydrogen-bond donors (Lipinski definition) is 7. The third-order valence-corrected chi connectivity index (χ3v) is 5.90. The number of amides is 1. The van der Waals surface area contributed by atoms with Gasteiger partial charge in [0.05, 0.1) is 6.04 Å². The molecule has 34 heavy (non-hydrogen) atoms. The number of aliphatic carboxylic acids is 2. The van der Waals surface area contributed by atoms with Gasteiger partial charge >= 0.3 is 11.9 Å². The summed E-state index contributed by atoms with van der Waals surface area (Å²) >= 11 is 3.21. The van der Waals surface area contributed by atoms with E-state index in [1.54, 1.807) is 11.8 Å². The smallest absolute Gasteiger partial charge is 0.326 e. The van der Waals surface area contributed by atoms with E-state index >= 15 is 0 Å². The molecule has 0 aliphatic rings. The number of carbonyl (C=O) groups is 3. The molecule has 13 heteroatoms. The van der Waals surface area contributed by atoms with Crippen molar-refractivity contribution < 1.29 is 24.6 Å². The maximum absolute atomic E-state index is 11.8. The topological polar surface area (TPSA) is 206 Å². The molecule has 0 aliphatic heterocycles. The number of unbranched alkanes of at least 4 members (excludes halogenated alkanes) is 2. The monoisotopic (exact) mass is 524 g/mol. The molecule has 0 fully saturated rings. The molecular formula is C21H44N6O5S2. The van der Waals surface area contributed by atoms with E-state index in [9.17, 15) is 14.4 Å². The molecule has 0 aliphatic carbocycles. The molecule has 0 saturated heterocycles. The van der Waals surface area contributed by atoms with Crippen molar-refractivity contribution in [1.82, 2.24) is 10.6 Å². The van der Waals surface area contributed by atoms with Crippen LogP contribution in [0, 0.1) is 0 Å². The van der Waals surface area contributed by atoms with Gasteiger partial charge in [-0.05, 0) is 62.7 Å². The fraction of sp³-hybridized carbons (Fsp3) is 0.810. The number of carbonyl (C=O) groups excluding carboxylic acids is 1. The number of rotatable bonds is 19. The van der Waals surface area contributed by atoms with E-state index < -0.39 is 29.9 Å². The Hall–Kier alpha value is -1.70. The van der Waals surface area contributed by atoms with Crippen molar-refractivity contribution in [3.63, 3.8) is 0 Å². The minimum atomic E-state index is -1.06. The van der Waals surface area contributed by atoms with Crippen LogP contribution in [0.15, 0.2) is 4.99 Å². The predicted octanol–water partition coefficient (Wildman–Crippen LogP) is 0.662. The highest BCUT2D eigenvalue weighted by molar-refractivity contribution is 7.98. The van der Waals surface area contributed by atoms with Gasteiger partial charge in [0.1, 0.15) is 12.1 Å². The minimum absolute atomic E-state index is 0.00831. The molecule has 11 nitrogen and oxygen atoms in total. The molecule has 0 bridgehead atoms. The van der Waals surface area contributed by atoms with Crippen molar-refractivity contribution in [2.45, 2.75) is 70.0 Å². The number of thioether (sulfide) groups is 2. The second-order valence-electron chi connectivity index (χ2n) is 7.57. The zero-order valence-corrected chi connectivity index (χ0v) is 22.3. The van der Waals surface area contributed by atoms with Crippen molar-refractivity contribution in [3.8, 4) is 0 Å². The Balaban J connectivity index is 0. The molecule has 10 N–H and O–H groups in total. The highest BCUT2D eigenvalue weighted by Gasteiger charge is 2.22. The van der Waals surface area contributed by atoms with Crippen LogP contribution < -0.4 is 27.8 Å². The van der Waals surface area contributed by atoms with Crippen LogP contribution in [0.5, 0.6) is 0 Å². The van der Waals surface area contributed by atoms with Crippen molar-refractivity contribution in [3.05, 3.63) is 0 Å². The van der Waals surface area contributed by atoms with E-state index in [1.165, 1.54) is 24.6 Å². The fourth-order valence-electron chi connectivity index (χ4n) is 2.62. The third kappa shape index (κ3) is 20.9. The maximum Gasteiger partial charge on any atom is 0.326 e. The fourth-order valence-corrected chi connectivity index (χ4v) is 3.56. The lowest BCUT2D eigenvalue weighted by molar-refractivity contribution is -0.142. The Bertz CT molecular complexity index is 594. The number of carboxylic acid groups (broad SMARTS) is 2. The van der Waals surface area contributed by atoms with Gasteiger partial charge < -0.3 is 38.0 Å². The Morgan fingerprint density at radius 1 is 0.912 bits per heavy atom. The van der Waals surface area contributed by atoms with Crippen LogP contribution in [0.4, 0.5) is 0 Å². The lowest BCUT2D eigenvalue weighted by Gasteiger charge is -2.17. The third-order valence-electron chi connectivity index (χ3n) is 4.61. The van der Waals surface area contributed by atoms with Crippen molar-refractivity contribution >= 4 is 47.3 Å². The first-order valence-corrected chi connectivity index (χ1v) is 14.2. The molecule has 1 amide bonds. The molecule has 0 spiro atoms. The molecule has 0 rings (SSSR count). The molecule has 0 aromatic carbocycles. The summed E-state index contributed by atoms with van der Waals surface area (Å²) in [5.74, 6) is -0.709. The van der Waals surface area contributed by atoms with Crippen molar-refractivity contribution in [1.29, 1.82) is 0 Å². The number of carboxylic acids is 2. The highest BCUT2D eigenvalue weighted by atomic mass is 32.2. The standard InChI is InChI=1S/C11H23N5O3S.C10H21NO2S/c1-20-6-4-8(10(18)19)16-9(17)7(12)3-2-5-15-11(13)14;1-3-4-5-7-11-9(10(12)13)6-8-14-2/h7-8H,2-6,12H2,1H3,(H,16,17)(H,18,19)(H4,13,14,15);9,11H,3-8H2,1-2H3,(H,12,13). The average molecular weight is 525 g/mol. The van der Waals surface area contributed by atoms with Gasteiger partial charge in [-0.2, -0.15) is 23.5 Å². The summed E-state index contributed by atoms with van der Waals surface area (Å²) in [6.45, 7) is 3.35. The van der Waals surface area contributed by atoms with Crippen LogP contribution in [-0.4, -0.2) is 89.3 Å². The van der Waals surface area contributed by atoms with Crippen LogP contribution in [0.25, 0.3) is 0 Å². The Morgan fingerprint density at radius 3 is 1.94 bits per heavy atom. The van der Waals surface area contributed by atoms with Crippen LogP contribution in [0.1, 0.15) is 51.9 Å². The molecule has 0 radical (unpaired) electrons. The van der Waals surface area contributed by atoms with Crippen LogP contribution in [0.2, 0.25) is 0 Å². The summed E-state index contributed by atoms with van der Waals surface area (Å²) in [6, 6.07) is -2.03. The van der Waals surface area contributed by atoms with Crippen molar-refractivity contribution in [2.75, 3.05) is 37.1 Å². The van der Waals surface area contributed by atoms with Gasteiger partial charge in [0, 0.05) is 6.54 Å². The Labute approximate surface area is 211 Å². The summed E-state index contributed by atoms with van der Waals surface area (Å²) in [5, 5.41) is 23.4. The second-order valence-corrected chi connectivity index (χ2v) is 9.54. The van der Waals surface area contributed by atoms with E-state index in [1.807, 2.05) is 12.5 Å². The van der Waals surface area contributed by atoms with E-state index in [2.05, 4.69) is 22.5 Å². The quantitative estimate of drug-likeness (QED) is 0.0709. The number of nitrogens with zero attached hydrogens (tertiary/aromatic N) is 1. The molecule has 3 unspecified atom stereocenters. The average Bonchev–Trinajstić information content (AvgIpc) is 2.78. The van der Waals surface area contributed by atoms with Gasteiger partial charge in [-0.1, -0.05) is 19.8 Å². The largest absolute Gasteiger partial charge is 0.480 e. The number of aliphatic imine (C=N–C) groups is 1. The van der Waals surface area contributed by atoms with E-state index in [0.29, 0.717) is 38.0 Å². The molecular weight excluding hydrogens is 480 g/mol. The summed E-state index contributed by atoms with van der Waals surface area (Å²) < 4.78 is 0. The maximum atomic E-state index is 11.8. The van der Waals surface area contributed by atoms with Crippen molar-refractivity contribution in [2.24, 2.45) is 22.2 Å². The van der Waals surface area contributed by atoms with Crippen LogP contribution in [0.3, 0.4) is 0 Å². The van der Waals surface area contributed by atoms with Gasteiger partial charge in [-0.15, -0.1) is 0 Å². The summed E-state index contributed by atoms with van der Waals surface area (Å²) in [4.78, 5) is 37.3. The molecule has 3 atom stereocenters. The number of nitrogens with two attached hydrogens (primary N) is 3. The molecule has 0 heterocycles. The first-order chi connectivity index (χ1) is 16.1. The first-order valence-electron chi connectivity index (χ1n) is 11.4. The summed E-state index contributed by atoms with van der Waals surface area (Å²) in [5.41, 5.74) is 16.0. The number of guanidine groups is 1. The lowest BCUT2D eigenvalue weighted by atomic mass is 10.1. The van der Waals surface area contributed by atoms with Crippen LogP contribution >= 0.6 is 23.5 Å². The van der Waals surface area contributed by atoms with Gasteiger partial charge in [0.15, 0.2) is 5.96 Å². The molecule has 0 saturated carbocycles. The predicted molar refractivity (Wildman–Crippen MR) is 142 cm³/mol. The Morgan fingerprint density at radius 2 is 1.47 bits per heavy atom. The second kappa shape index (κ2) is 23.1. The number of hydrogen-bond acceptors (Lipinski definition) is 8. The molecule has 0 aromatic rings. The van der Waals surface area contributed by atoms with E-state index in [4.69, 9.17) is 27.4 Å². The first kappa shape index (κ1) is 34.5. The lowest BCUT2D eigenvalue weighted by Crippen LogP contribution is -2.48. The van der Waals surface area contributed by atoms with Gasteiger partial charge in [-0.25, -0.2) is 4.79 Å². The van der Waals surface area contributed by atoms with E-state index in [0.717, 1.165) is 18.7 Å². The van der Waals surface area contributed by atoms with Gasteiger partial charge in [-0.3, -0.25) is 14.6 Å². The zero-order chi connectivity index (χ0) is 26.4. The normalized spacial score (nSPS) is 13.1. The van der Waals surface area contributed by atoms with Gasteiger partial charge in [0.25, 0.3) is 0 Å². The number of nitrogens with one attached hydrogen (secondary N) is 2. The SMILES string of the molecule is CCCCCNC(CCSC)C(=O)O.CSCCC(NC(=O)C(N)CCCN=C(N)N)C(=O)O. The van der Waals surface area contributed by atoms with Gasteiger partial charge in [0.2, 0.25) is 5.91 Å². The summed E-state index contributed by atoms with van der Waals surface area (Å²) in [6.07, 6.45) is 9.29. The Kier molecular flexibility index (Phi) is 23.4. The molecule has 0 aromatic heterocycles. The van der Waals surface area contributed by atoms with E-state index in [-0.39, 0.29) is 12.0 Å². The minimum Gasteiger partial charge on any atom is -0.480 e. The summed E-state index contributed by atoms with van der Waals surface area (Å²) in [7, 11) is 0.